The fourth-order valence-electron chi connectivity index (χ4n) is 3.05. The monoisotopic (exact) mass is 406 g/mol. The van der Waals surface area contributed by atoms with Crippen LogP contribution in [0.4, 0.5) is 11.4 Å². The Labute approximate surface area is 177 Å². The first-order valence-corrected chi connectivity index (χ1v) is 10.0. The predicted octanol–water partition coefficient (Wildman–Crippen LogP) is 5.81. The van der Waals surface area contributed by atoms with Gasteiger partial charge in [-0.3, -0.25) is 0 Å². The fourth-order valence-corrected chi connectivity index (χ4v) is 3.33. The molecule has 3 aromatic carbocycles. The Morgan fingerprint density at radius 1 is 1.00 bits per heavy atom. The number of aromatic hydroxyl groups is 1. The maximum atomic E-state index is 10.3. The minimum Gasteiger partial charge on any atom is -0.508 e. The number of hydrogen-bond acceptors (Lipinski definition) is 3. The Balaban J connectivity index is 1.92. The van der Waals surface area contributed by atoms with Crippen molar-refractivity contribution in [3.05, 3.63) is 83.4 Å². The van der Waals surface area contributed by atoms with Crippen molar-refractivity contribution in [1.29, 1.82) is 0 Å². The molecular formula is C24H26N2O2S. The lowest BCUT2D eigenvalue weighted by atomic mass is 10.1. The number of phenols is 1. The Bertz CT molecular complexity index is 986. The average Bonchev–Trinajstić information content (AvgIpc) is 2.72. The van der Waals surface area contributed by atoms with E-state index in [0.29, 0.717) is 18.3 Å². The quantitative estimate of drug-likeness (QED) is 0.506. The van der Waals surface area contributed by atoms with Gasteiger partial charge >= 0.3 is 0 Å². The molecule has 150 valence electrons. The molecule has 0 aliphatic rings. The molecule has 0 aromatic heterocycles. The maximum absolute atomic E-state index is 10.3. The van der Waals surface area contributed by atoms with Gasteiger partial charge in [-0.05, 0) is 80.5 Å². The first kappa shape index (κ1) is 20.7. The second-order valence-corrected chi connectivity index (χ2v) is 7.21. The van der Waals surface area contributed by atoms with Crippen molar-refractivity contribution in [2.24, 2.45) is 0 Å². The molecule has 2 N–H and O–H groups in total. The lowest BCUT2D eigenvalue weighted by Gasteiger charge is -2.27. The van der Waals surface area contributed by atoms with Crippen LogP contribution in [0.15, 0.2) is 66.7 Å². The standard InChI is InChI=1S/C24H26N2O2S/c1-4-28-21-14-12-20(13-15-21)26(16-19-9-5-6-11-23(19)27)24(29)25-22-10-7-8-17(2)18(22)3/h5-15,27H,4,16H2,1-3H3,(H,25,29). The number of anilines is 2. The number of hydrogen-bond donors (Lipinski definition) is 2. The van der Waals surface area contributed by atoms with E-state index in [-0.39, 0.29) is 5.75 Å². The third-order valence-corrected chi connectivity index (χ3v) is 5.19. The van der Waals surface area contributed by atoms with Crippen molar-refractivity contribution in [3.8, 4) is 11.5 Å². The normalized spacial score (nSPS) is 10.4. The van der Waals surface area contributed by atoms with E-state index in [9.17, 15) is 5.11 Å². The number of phenolic OH excluding ortho intramolecular Hbond substituents is 1. The molecule has 0 aliphatic heterocycles. The third kappa shape index (κ3) is 5.06. The molecule has 3 rings (SSSR count). The van der Waals surface area contributed by atoms with Crippen LogP contribution in [-0.2, 0) is 6.54 Å². The first-order chi connectivity index (χ1) is 14.0. The Morgan fingerprint density at radius 3 is 2.41 bits per heavy atom. The van der Waals surface area contributed by atoms with Crippen LogP contribution in [0.2, 0.25) is 0 Å². The summed E-state index contributed by atoms with van der Waals surface area (Å²) in [6.07, 6.45) is 0. The van der Waals surface area contributed by atoms with Gasteiger partial charge < -0.3 is 20.1 Å². The number of benzene rings is 3. The van der Waals surface area contributed by atoms with Crippen molar-refractivity contribution in [3.63, 3.8) is 0 Å². The number of ether oxygens (including phenoxy) is 1. The zero-order valence-corrected chi connectivity index (χ0v) is 17.8. The van der Waals surface area contributed by atoms with E-state index in [4.69, 9.17) is 17.0 Å². The zero-order valence-electron chi connectivity index (χ0n) is 17.0. The van der Waals surface area contributed by atoms with Crippen molar-refractivity contribution in [1.82, 2.24) is 0 Å². The van der Waals surface area contributed by atoms with Gasteiger partial charge in [-0.2, -0.15) is 0 Å². The fraction of sp³-hybridized carbons (Fsp3) is 0.208. The van der Waals surface area contributed by atoms with E-state index in [1.807, 2.05) is 66.4 Å². The number of aryl methyl sites for hydroxylation is 1. The molecule has 0 heterocycles. The second kappa shape index (κ2) is 9.43. The number of nitrogens with one attached hydrogen (secondary N) is 1. The minimum absolute atomic E-state index is 0.248. The van der Waals surface area contributed by atoms with Gasteiger partial charge in [-0.1, -0.05) is 30.3 Å². The highest BCUT2D eigenvalue weighted by molar-refractivity contribution is 7.80. The second-order valence-electron chi connectivity index (χ2n) is 6.82. The summed E-state index contributed by atoms with van der Waals surface area (Å²) in [5, 5.41) is 14.2. The van der Waals surface area contributed by atoms with Crippen LogP contribution in [0.1, 0.15) is 23.6 Å². The molecule has 0 unspecified atom stereocenters. The highest BCUT2D eigenvalue weighted by atomic mass is 32.1. The van der Waals surface area contributed by atoms with Crippen molar-refractivity contribution < 1.29 is 9.84 Å². The Kier molecular flexibility index (Phi) is 6.73. The van der Waals surface area contributed by atoms with Crippen LogP contribution in [0.5, 0.6) is 11.5 Å². The molecule has 3 aromatic rings. The minimum atomic E-state index is 0.248. The number of thiocarbonyl (C=S) groups is 1. The van der Waals surface area contributed by atoms with Gasteiger partial charge in [-0.25, -0.2) is 0 Å². The topological polar surface area (TPSA) is 44.7 Å². The van der Waals surface area contributed by atoms with E-state index < -0.39 is 0 Å². The lowest BCUT2D eigenvalue weighted by molar-refractivity contribution is 0.340. The van der Waals surface area contributed by atoms with Gasteiger partial charge in [0.1, 0.15) is 11.5 Å². The summed E-state index contributed by atoms with van der Waals surface area (Å²) in [7, 11) is 0. The van der Waals surface area contributed by atoms with Gasteiger partial charge in [0.2, 0.25) is 0 Å². The largest absolute Gasteiger partial charge is 0.508 e. The van der Waals surface area contributed by atoms with Gasteiger partial charge in [0, 0.05) is 16.9 Å². The molecule has 0 amide bonds. The van der Waals surface area contributed by atoms with Gasteiger partial charge in [-0.15, -0.1) is 0 Å². The molecule has 4 nitrogen and oxygen atoms in total. The molecule has 29 heavy (non-hydrogen) atoms. The third-order valence-electron chi connectivity index (χ3n) is 4.87. The Morgan fingerprint density at radius 2 is 1.72 bits per heavy atom. The summed E-state index contributed by atoms with van der Waals surface area (Å²) in [6, 6.07) is 21.2. The predicted molar refractivity (Wildman–Crippen MR) is 124 cm³/mol. The first-order valence-electron chi connectivity index (χ1n) is 9.64. The Hall–Kier alpha value is -3.05. The lowest BCUT2D eigenvalue weighted by Crippen LogP contribution is -2.34. The molecule has 0 saturated heterocycles. The van der Waals surface area contributed by atoms with Crippen molar-refractivity contribution in [2.75, 3.05) is 16.8 Å². The molecule has 0 saturated carbocycles. The summed E-state index contributed by atoms with van der Waals surface area (Å²) >= 11 is 5.77. The summed E-state index contributed by atoms with van der Waals surface area (Å²) in [5.41, 5.74) is 5.05. The number of para-hydroxylation sites is 1. The van der Waals surface area contributed by atoms with E-state index in [1.165, 1.54) is 5.56 Å². The SMILES string of the molecule is CCOc1ccc(N(Cc2ccccc2O)C(=S)Nc2cccc(C)c2C)cc1. The van der Waals surface area contributed by atoms with E-state index in [2.05, 4.69) is 25.2 Å². The maximum Gasteiger partial charge on any atom is 0.178 e. The van der Waals surface area contributed by atoms with Gasteiger partial charge in [0.25, 0.3) is 0 Å². The smallest absolute Gasteiger partial charge is 0.178 e. The summed E-state index contributed by atoms with van der Waals surface area (Å²) in [5.74, 6) is 1.06. The van der Waals surface area contributed by atoms with E-state index in [0.717, 1.165) is 28.3 Å². The molecule has 0 spiro atoms. The zero-order chi connectivity index (χ0) is 20.8. The average molecular weight is 407 g/mol. The molecule has 0 bridgehead atoms. The number of rotatable bonds is 6. The van der Waals surface area contributed by atoms with E-state index >= 15 is 0 Å². The van der Waals surface area contributed by atoms with Crippen LogP contribution in [0, 0.1) is 13.8 Å². The van der Waals surface area contributed by atoms with Crippen LogP contribution >= 0.6 is 12.2 Å². The van der Waals surface area contributed by atoms with Crippen LogP contribution in [0.25, 0.3) is 0 Å². The van der Waals surface area contributed by atoms with Crippen LogP contribution in [-0.4, -0.2) is 16.8 Å². The number of nitrogens with zero attached hydrogens (tertiary/aromatic N) is 1. The molecule has 0 aliphatic carbocycles. The molecule has 0 atom stereocenters. The highest BCUT2D eigenvalue weighted by Gasteiger charge is 2.16. The summed E-state index contributed by atoms with van der Waals surface area (Å²) in [4.78, 5) is 1.97. The summed E-state index contributed by atoms with van der Waals surface area (Å²) < 4.78 is 5.56. The highest BCUT2D eigenvalue weighted by Crippen LogP contribution is 2.26. The molecule has 5 heteroatoms. The van der Waals surface area contributed by atoms with Gasteiger partial charge in [0.05, 0.1) is 13.2 Å². The van der Waals surface area contributed by atoms with E-state index in [1.54, 1.807) is 6.07 Å². The summed E-state index contributed by atoms with van der Waals surface area (Å²) in [6.45, 7) is 7.17. The van der Waals surface area contributed by atoms with Crippen LogP contribution < -0.4 is 15.0 Å². The molecular weight excluding hydrogens is 380 g/mol. The van der Waals surface area contributed by atoms with Gasteiger partial charge in [0.15, 0.2) is 5.11 Å². The van der Waals surface area contributed by atoms with Crippen molar-refractivity contribution >= 4 is 28.7 Å². The molecule has 0 fully saturated rings. The van der Waals surface area contributed by atoms with Crippen molar-refractivity contribution in [2.45, 2.75) is 27.3 Å². The molecule has 0 radical (unpaired) electrons. The van der Waals surface area contributed by atoms with Crippen LogP contribution in [0.3, 0.4) is 0 Å².